The zero-order valence-electron chi connectivity index (χ0n) is 12.0. The van der Waals surface area contributed by atoms with Crippen molar-refractivity contribution < 1.29 is 19.4 Å². The monoisotopic (exact) mass is 296 g/mol. The summed E-state index contributed by atoms with van der Waals surface area (Å²) < 4.78 is 6.84. The fraction of sp³-hybridized carbons (Fsp3) is 0.615. The molecule has 2 heterocycles. The summed E-state index contributed by atoms with van der Waals surface area (Å²) in [4.78, 5) is 23.2. The van der Waals surface area contributed by atoms with Crippen molar-refractivity contribution in [2.24, 2.45) is 12.5 Å². The second-order valence-corrected chi connectivity index (χ2v) is 5.26. The van der Waals surface area contributed by atoms with Crippen molar-refractivity contribution in [1.29, 1.82) is 0 Å². The summed E-state index contributed by atoms with van der Waals surface area (Å²) in [6.07, 6.45) is 4.28. The number of aliphatic carboxylic acids is 1. The average Bonchev–Trinajstić information content (AvgIpc) is 2.89. The quantitative estimate of drug-likeness (QED) is 0.714. The Hall–Kier alpha value is -2.09. The molecule has 1 saturated heterocycles. The van der Waals surface area contributed by atoms with Crippen molar-refractivity contribution in [3.63, 3.8) is 0 Å². The third-order valence-corrected chi connectivity index (χ3v) is 3.70. The van der Waals surface area contributed by atoms with Gasteiger partial charge in [0.05, 0.1) is 11.6 Å². The summed E-state index contributed by atoms with van der Waals surface area (Å²) in [7, 11) is 1.80. The van der Waals surface area contributed by atoms with Crippen LogP contribution in [0.15, 0.2) is 12.4 Å². The van der Waals surface area contributed by atoms with E-state index in [1.165, 1.54) is 0 Å². The lowest BCUT2D eigenvalue weighted by Gasteiger charge is -2.33. The number of aryl methyl sites for hydroxylation is 1. The number of nitrogens with one attached hydrogen (secondary N) is 2. The van der Waals surface area contributed by atoms with Crippen molar-refractivity contribution >= 4 is 12.0 Å². The number of amides is 2. The Balaban J connectivity index is 1.80. The Morgan fingerprint density at radius 1 is 1.43 bits per heavy atom. The molecule has 1 aliphatic rings. The minimum absolute atomic E-state index is 0.102. The van der Waals surface area contributed by atoms with Crippen LogP contribution >= 0.6 is 0 Å². The number of carbonyl (C=O) groups is 2. The first-order valence-corrected chi connectivity index (χ1v) is 6.82. The molecule has 1 fully saturated rings. The predicted molar refractivity (Wildman–Crippen MR) is 73.6 cm³/mol. The van der Waals surface area contributed by atoms with Crippen molar-refractivity contribution in [2.75, 3.05) is 19.8 Å². The minimum Gasteiger partial charge on any atom is -0.481 e. The fourth-order valence-electron chi connectivity index (χ4n) is 2.29. The molecule has 3 N–H and O–H groups in total. The molecule has 0 unspecified atom stereocenters. The van der Waals surface area contributed by atoms with Crippen LogP contribution in [0.5, 0.6) is 0 Å². The van der Waals surface area contributed by atoms with Crippen molar-refractivity contribution in [2.45, 2.75) is 19.4 Å². The molecule has 0 saturated carbocycles. The van der Waals surface area contributed by atoms with E-state index in [0.29, 0.717) is 32.6 Å². The molecule has 0 radical (unpaired) electrons. The lowest BCUT2D eigenvalue weighted by molar-refractivity contribution is -0.154. The zero-order chi connectivity index (χ0) is 15.3. The number of carbonyl (C=O) groups excluding carboxylic acids is 1. The third-order valence-electron chi connectivity index (χ3n) is 3.70. The Kier molecular flexibility index (Phi) is 4.79. The standard InChI is InChI=1S/C13H20N4O4/c1-17-8-10(7-16-17)6-14-12(20)15-9-13(11(18)19)2-4-21-5-3-13/h7-8H,2-6,9H2,1H3,(H,18,19)(H2,14,15,20). The van der Waals surface area contributed by atoms with E-state index >= 15 is 0 Å². The number of carboxylic acid groups (broad SMARTS) is 1. The highest BCUT2D eigenvalue weighted by molar-refractivity contribution is 5.78. The van der Waals surface area contributed by atoms with Gasteiger partial charge in [-0.25, -0.2) is 4.79 Å². The van der Waals surface area contributed by atoms with Crippen LogP contribution in [-0.2, 0) is 23.1 Å². The summed E-state index contributed by atoms with van der Waals surface area (Å²) in [5.41, 5.74) is -0.0455. The average molecular weight is 296 g/mol. The van der Waals surface area contributed by atoms with E-state index in [2.05, 4.69) is 15.7 Å². The third kappa shape index (κ3) is 3.94. The second-order valence-electron chi connectivity index (χ2n) is 5.26. The van der Waals surface area contributed by atoms with Gasteiger partial charge in [0.25, 0.3) is 0 Å². The SMILES string of the molecule is Cn1cc(CNC(=O)NCC2(C(=O)O)CCOCC2)cn1. The van der Waals surface area contributed by atoms with E-state index < -0.39 is 11.4 Å². The number of nitrogens with zero attached hydrogens (tertiary/aromatic N) is 2. The van der Waals surface area contributed by atoms with Gasteiger partial charge < -0.3 is 20.5 Å². The van der Waals surface area contributed by atoms with Crippen LogP contribution in [0.2, 0.25) is 0 Å². The van der Waals surface area contributed by atoms with E-state index in [4.69, 9.17) is 4.74 Å². The van der Waals surface area contributed by atoms with Gasteiger partial charge in [-0.15, -0.1) is 0 Å². The smallest absolute Gasteiger partial charge is 0.315 e. The summed E-state index contributed by atoms with van der Waals surface area (Å²) in [6, 6.07) is -0.383. The Morgan fingerprint density at radius 2 is 2.14 bits per heavy atom. The molecule has 1 aromatic rings. The number of urea groups is 1. The maximum Gasteiger partial charge on any atom is 0.315 e. The Bertz CT molecular complexity index is 508. The highest BCUT2D eigenvalue weighted by atomic mass is 16.5. The van der Waals surface area contributed by atoms with Gasteiger partial charge in [0.2, 0.25) is 0 Å². The van der Waals surface area contributed by atoms with Gasteiger partial charge in [0.15, 0.2) is 0 Å². The van der Waals surface area contributed by atoms with Crippen LogP contribution in [0.25, 0.3) is 0 Å². The fourth-order valence-corrected chi connectivity index (χ4v) is 2.29. The van der Waals surface area contributed by atoms with E-state index in [-0.39, 0.29) is 12.6 Å². The maximum atomic E-state index is 11.8. The largest absolute Gasteiger partial charge is 0.481 e. The molecule has 1 aromatic heterocycles. The first-order chi connectivity index (χ1) is 10.0. The first kappa shape index (κ1) is 15.3. The van der Waals surface area contributed by atoms with Gasteiger partial charge >= 0.3 is 12.0 Å². The van der Waals surface area contributed by atoms with E-state index in [0.717, 1.165) is 5.56 Å². The van der Waals surface area contributed by atoms with Gasteiger partial charge in [0.1, 0.15) is 0 Å². The van der Waals surface area contributed by atoms with Gasteiger partial charge in [-0.2, -0.15) is 5.10 Å². The molecule has 0 bridgehead atoms. The molecule has 1 aliphatic heterocycles. The zero-order valence-corrected chi connectivity index (χ0v) is 12.0. The van der Waals surface area contributed by atoms with Crippen LogP contribution in [0, 0.1) is 5.41 Å². The molecule has 116 valence electrons. The normalized spacial score (nSPS) is 17.2. The number of hydrogen-bond acceptors (Lipinski definition) is 4. The second kappa shape index (κ2) is 6.57. The predicted octanol–water partition coefficient (Wildman–Crippen LogP) is 0.101. The summed E-state index contributed by atoms with van der Waals surface area (Å²) >= 11 is 0. The molecule has 8 heteroatoms. The van der Waals surface area contributed by atoms with Crippen molar-refractivity contribution in [3.05, 3.63) is 18.0 Å². The number of rotatable bonds is 5. The number of hydrogen-bond donors (Lipinski definition) is 3. The number of aromatic nitrogens is 2. The summed E-state index contributed by atoms with van der Waals surface area (Å²) in [5.74, 6) is -0.890. The molecule has 0 aliphatic carbocycles. The Morgan fingerprint density at radius 3 is 2.71 bits per heavy atom. The highest BCUT2D eigenvalue weighted by Gasteiger charge is 2.40. The lowest BCUT2D eigenvalue weighted by Crippen LogP contribution is -2.48. The van der Waals surface area contributed by atoms with Gasteiger partial charge in [-0.3, -0.25) is 9.48 Å². The molecule has 0 spiro atoms. The molecular formula is C13H20N4O4. The van der Waals surface area contributed by atoms with Crippen LogP contribution in [0.4, 0.5) is 4.79 Å². The van der Waals surface area contributed by atoms with E-state index in [9.17, 15) is 14.7 Å². The number of ether oxygens (including phenoxy) is 1. The lowest BCUT2D eigenvalue weighted by atomic mass is 9.80. The maximum absolute atomic E-state index is 11.8. The molecular weight excluding hydrogens is 276 g/mol. The highest BCUT2D eigenvalue weighted by Crippen LogP contribution is 2.29. The van der Waals surface area contributed by atoms with Crippen molar-refractivity contribution in [1.82, 2.24) is 20.4 Å². The van der Waals surface area contributed by atoms with Crippen LogP contribution < -0.4 is 10.6 Å². The minimum atomic E-state index is -0.927. The first-order valence-electron chi connectivity index (χ1n) is 6.82. The van der Waals surface area contributed by atoms with E-state index in [1.54, 1.807) is 24.1 Å². The van der Waals surface area contributed by atoms with Crippen LogP contribution in [-0.4, -0.2) is 46.6 Å². The molecule has 0 aromatic carbocycles. The number of carboxylic acids is 1. The van der Waals surface area contributed by atoms with Crippen LogP contribution in [0.1, 0.15) is 18.4 Å². The van der Waals surface area contributed by atoms with Crippen molar-refractivity contribution in [3.8, 4) is 0 Å². The van der Waals surface area contributed by atoms with Crippen LogP contribution in [0.3, 0.4) is 0 Å². The summed E-state index contributed by atoms with van der Waals surface area (Å²) in [5, 5.41) is 18.7. The molecule has 2 amide bonds. The molecule has 0 atom stereocenters. The molecule has 8 nitrogen and oxygen atoms in total. The van der Waals surface area contributed by atoms with Gasteiger partial charge in [-0.05, 0) is 12.8 Å². The van der Waals surface area contributed by atoms with Gasteiger partial charge in [0, 0.05) is 45.1 Å². The van der Waals surface area contributed by atoms with E-state index in [1.807, 2.05) is 0 Å². The topological polar surface area (TPSA) is 105 Å². The summed E-state index contributed by atoms with van der Waals surface area (Å²) in [6.45, 7) is 1.27. The molecule has 2 rings (SSSR count). The Labute approximate surface area is 122 Å². The molecule has 21 heavy (non-hydrogen) atoms. The van der Waals surface area contributed by atoms with Gasteiger partial charge in [-0.1, -0.05) is 0 Å².